The maximum absolute atomic E-state index is 12.3. The van der Waals surface area contributed by atoms with Gasteiger partial charge in [0.2, 0.25) is 0 Å². The van der Waals surface area contributed by atoms with E-state index in [-0.39, 0.29) is 11.3 Å². The highest BCUT2D eigenvalue weighted by Gasteiger charge is 2.38. The molecule has 1 atom stereocenters. The summed E-state index contributed by atoms with van der Waals surface area (Å²) in [6.45, 7) is 0. The van der Waals surface area contributed by atoms with E-state index in [1.54, 1.807) is 30.3 Å². The first-order valence-corrected chi connectivity index (χ1v) is 5.34. The minimum Gasteiger partial charge on any atom is -0.508 e. The third kappa shape index (κ3) is 2.41. The number of fused-ring (bicyclic) bond motifs is 1. The molecule has 0 spiro atoms. The van der Waals surface area contributed by atoms with E-state index < -0.39 is 18.7 Å². The lowest BCUT2D eigenvalue weighted by atomic mass is 9.98. The third-order valence-electron chi connectivity index (χ3n) is 2.79. The maximum Gasteiger partial charge on any atom is 0.414 e. The molecule has 0 aliphatic rings. The van der Waals surface area contributed by atoms with E-state index in [2.05, 4.69) is 0 Å². The van der Waals surface area contributed by atoms with E-state index in [9.17, 15) is 18.3 Å². The molecule has 0 heterocycles. The van der Waals surface area contributed by atoms with Gasteiger partial charge in [-0.3, -0.25) is 0 Å². The van der Waals surface area contributed by atoms with Gasteiger partial charge in [-0.2, -0.15) is 13.2 Å². The van der Waals surface area contributed by atoms with Gasteiger partial charge in [-0.15, -0.1) is 0 Å². The van der Waals surface area contributed by atoms with Gasteiger partial charge in [0.15, 0.2) is 6.10 Å². The first-order valence-electron chi connectivity index (χ1n) is 5.34. The highest BCUT2D eigenvalue weighted by Crippen LogP contribution is 2.31. The number of phenols is 1. The summed E-state index contributed by atoms with van der Waals surface area (Å²) in [4.78, 5) is 0. The van der Waals surface area contributed by atoms with E-state index >= 15 is 0 Å². The summed E-state index contributed by atoms with van der Waals surface area (Å²) < 4.78 is 37.0. The molecule has 0 aromatic heterocycles. The Morgan fingerprint density at radius 1 is 1.06 bits per heavy atom. The number of halogens is 3. The average molecular weight is 256 g/mol. The summed E-state index contributed by atoms with van der Waals surface area (Å²) >= 11 is 0. The van der Waals surface area contributed by atoms with Crippen LogP contribution in [-0.2, 0) is 6.42 Å². The van der Waals surface area contributed by atoms with Gasteiger partial charge in [0.25, 0.3) is 0 Å². The van der Waals surface area contributed by atoms with Gasteiger partial charge in [-0.05, 0) is 16.8 Å². The highest BCUT2D eigenvalue weighted by molar-refractivity contribution is 5.87. The zero-order valence-corrected chi connectivity index (χ0v) is 9.28. The number of aliphatic hydroxyl groups is 1. The van der Waals surface area contributed by atoms with Crippen LogP contribution in [0, 0.1) is 0 Å². The van der Waals surface area contributed by atoms with Crippen molar-refractivity contribution in [3.05, 3.63) is 42.0 Å². The van der Waals surface area contributed by atoms with Gasteiger partial charge in [0.05, 0.1) is 0 Å². The second-order valence-corrected chi connectivity index (χ2v) is 4.05. The van der Waals surface area contributed by atoms with Crippen molar-refractivity contribution in [1.82, 2.24) is 0 Å². The fourth-order valence-electron chi connectivity index (χ4n) is 1.85. The number of phenolic OH excluding ortho intramolecular Hbond substituents is 1. The summed E-state index contributed by atoms with van der Waals surface area (Å²) in [7, 11) is 0. The molecule has 0 aliphatic carbocycles. The van der Waals surface area contributed by atoms with Gasteiger partial charge in [-0.1, -0.05) is 30.3 Å². The summed E-state index contributed by atoms with van der Waals surface area (Å²) in [5.74, 6) is -0.239. The molecule has 1 unspecified atom stereocenters. The van der Waals surface area contributed by atoms with Gasteiger partial charge >= 0.3 is 6.18 Å². The van der Waals surface area contributed by atoms with Crippen molar-refractivity contribution in [3.8, 4) is 5.75 Å². The number of rotatable bonds is 2. The van der Waals surface area contributed by atoms with E-state index in [0.29, 0.717) is 5.39 Å². The molecule has 0 radical (unpaired) electrons. The van der Waals surface area contributed by atoms with Gasteiger partial charge in [0, 0.05) is 12.0 Å². The van der Waals surface area contributed by atoms with Crippen molar-refractivity contribution < 1.29 is 23.4 Å². The Balaban J connectivity index is 2.47. The fraction of sp³-hybridized carbons (Fsp3) is 0.231. The standard InChI is InChI=1S/C13H11F3O2/c14-13(15,16)12(18)7-10-9-4-2-1-3-8(9)5-6-11(10)17/h1-6,12,17-18H,7H2. The lowest BCUT2D eigenvalue weighted by Gasteiger charge is -2.16. The van der Waals surface area contributed by atoms with Crippen LogP contribution in [0.5, 0.6) is 5.75 Å². The van der Waals surface area contributed by atoms with Crippen LogP contribution in [0.3, 0.4) is 0 Å². The van der Waals surface area contributed by atoms with E-state index in [1.807, 2.05) is 0 Å². The molecule has 96 valence electrons. The SMILES string of the molecule is Oc1ccc2ccccc2c1CC(O)C(F)(F)F. The molecule has 5 heteroatoms. The second kappa shape index (κ2) is 4.49. The van der Waals surface area contributed by atoms with Crippen molar-refractivity contribution >= 4 is 10.8 Å². The lowest BCUT2D eigenvalue weighted by molar-refractivity contribution is -0.203. The maximum atomic E-state index is 12.3. The van der Waals surface area contributed by atoms with Gasteiger partial charge in [0.1, 0.15) is 5.75 Å². The smallest absolute Gasteiger partial charge is 0.414 e. The number of hydrogen-bond donors (Lipinski definition) is 2. The summed E-state index contributed by atoms with van der Waals surface area (Å²) in [6.07, 6.45) is -7.82. The van der Waals surface area contributed by atoms with Crippen molar-refractivity contribution in [1.29, 1.82) is 0 Å². The molecular weight excluding hydrogens is 245 g/mol. The van der Waals surface area contributed by atoms with Crippen LogP contribution in [0.4, 0.5) is 13.2 Å². The fourth-order valence-corrected chi connectivity index (χ4v) is 1.85. The minimum absolute atomic E-state index is 0.109. The van der Waals surface area contributed by atoms with Crippen LogP contribution in [0.15, 0.2) is 36.4 Å². The van der Waals surface area contributed by atoms with Crippen LogP contribution >= 0.6 is 0 Å². The predicted molar refractivity (Wildman–Crippen MR) is 61.4 cm³/mol. The Kier molecular flexibility index (Phi) is 3.17. The lowest BCUT2D eigenvalue weighted by Crippen LogP contribution is -2.30. The largest absolute Gasteiger partial charge is 0.508 e. The molecule has 0 saturated carbocycles. The van der Waals surface area contributed by atoms with E-state index in [0.717, 1.165) is 5.39 Å². The van der Waals surface area contributed by atoms with Crippen LogP contribution < -0.4 is 0 Å². The Morgan fingerprint density at radius 2 is 1.72 bits per heavy atom. The number of alkyl halides is 3. The normalized spacial score (nSPS) is 13.8. The Bertz CT molecular complexity index is 564. The van der Waals surface area contributed by atoms with Crippen molar-refractivity contribution in [2.45, 2.75) is 18.7 Å². The van der Waals surface area contributed by atoms with E-state index in [4.69, 9.17) is 5.11 Å². The quantitative estimate of drug-likeness (QED) is 0.867. The molecule has 0 fully saturated rings. The zero-order chi connectivity index (χ0) is 13.3. The Hall–Kier alpha value is -1.75. The van der Waals surface area contributed by atoms with Gasteiger partial charge < -0.3 is 10.2 Å². The molecule has 2 aromatic rings. The highest BCUT2D eigenvalue weighted by atomic mass is 19.4. The monoisotopic (exact) mass is 256 g/mol. The average Bonchev–Trinajstić information content (AvgIpc) is 2.31. The van der Waals surface area contributed by atoms with Crippen LogP contribution in [0.2, 0.25) is 0 Å². The number of benzene rings is 2. The summed E-state index contributed by atoms with van der Waals surface area (Å²) in [5, 5.41) is 20.0. The molecule has 2 aromatic carbocycles. The summed E-state index contributed by atoms with van der Waals surface area (Å²) in [5.41, 5.74) is 0.109. The molecule has 2 N–H and O–H groups in total. The molecule has 0 saturated heterocycles. The first kappa shape index (κ1) is 12.7. The third-order valence-corrected chi connectivity index (χ3v) is 2.79. The molecular formula is C13H11F3O2. The zero-order valence-electron chi connectivity index (χ0n) is 9.28. The van der Waals surface area contributed by atoms with Crippen molar-refractivity contribution in [2.24, 2.45) is 0 Å². The molecule has 18 heavy (non-hydrogen) atoms. The molecule has 0 aliphatic heterocycles. The first-order chi connectivity index (χ1) is 8.39. The van der Waals surface area contributed by atoms with Crippen LogP contribution in [0.1, 0.15) is 5.56 Å². The number of aromatic hydroxyl groups is 1. The molecule has 2 rings (SSSR count). The van der Waals surface area contributed by atoms with Gasteiger partial charge in [-0.25, -0.2) is 0 Å². The molecule has 0 amide bonds. The van der Waals surface area contributed by atoms with Crippen molar-refractivity contribution in [2.75, 3.05) is 0 Å². The topological polar surface area (TPSA) is 40.5 Å². The predicted octanol–water partition coefficient (Wildman–Crippen LogP) is 3.01. The Labute approximate surface area is 101 Å². The van der Waals surface area contributed by atoms with E-state index in [1.165, 1.54) is 6.07 Å². The summed E-state index contributed by atoms with van der Waals surface area (Å²) in [6, 6.07) is 9.73. The molecule has 0 bridgehead atoms. The molecule has 2 nitrogen and oxygen atoms in total. The minimum atomic E-state index is -4.69. The second-order valence-electron chi connectivity index (χ2n) is 4.05. The van der Waals surface area contributed by atoms with Crippen LogP contribution in [-0.4, -0.2) is 22.5 Å². The number of aliphatic hydroxyl groups excluding tert-OH is 1. The van der Waals surface area contributed by atoms with Crippen molar-refractivity contribution in [3.63, 3.8) is 0 Å². The number of hydrogen-bond acceptors (Lipinski definition) is 2. The Morgan fingerprint density at radius 3 is 2.39 bits per heavy atom. The van der Waals surface area contributed by atoms with Crippen LogP contribution in [0.25, 0.3) is 10.8 Å².